The number of esters is 2. The van der Waals surface area contributed by atoms with Crippen molar-refractivity contribution in [3.63, 3.8) is 0 Å². The van der Waals surface area contributed by atoms with Crippen LogP contribution in [-0.4, -0.2) is 54.1 Å². The van der Waals surface area contributed by atoms with E-state index in [0.29, 0.717) is 0 Å². The second-order valence-corrected chi connectivity index (χ2v) is 4.10. The number of nitrogens with one attached hydrogen (secondary N) is 1. The number of carbonyl (C=O) groups excluding carboxylic acids is 2. The summed E-state index contributed by atoms with van der Waals surface area (Å²) < 4.78 is 4.80. The van der Waals surface area contributed by atoms with Crippen molar-refractivity contribution in [1.29, 1.82) is 0 Å². The summed E-state index contributed by atoms with van der Waals surface area (Å²) >= 11 is 0. The van der Waals surface area contributed by atoms with E-state index in [1.807, 2.05) is 30.3 Å². The van der Waals surface area contributed by atoms with Gasteiger partial charge in [-0.25, -0.2) is 4.79 Å². The molecule has 1 aromatic carbocycles. The number of carbonyl (C=O) groups is 2. The summed E-state index contributed by atoms with van der Waals surface area (Å²) in [6, 6.07) is 8.93. The van der Waals surface area contributed by atoms with Crippen LogP contribution in [0.3, 0.4) is 0 Å². The van der Waals surface area contributed by atoms with Crippen molar-refractivity contribution in [2.45, 2.75) is 25.3 Å². The van der Waals surface area contributed by atoms with Gasteiger partial charge in [-0.05, 0) is 24.9 Å². The molecule has 0 aromatic heterocycles. The van der Waals surface area contributed by atoms with Crippen LogP contribution in [0.15, 0.2) is 30.3 Å². The molecule has 5 heteroatoms. The molecule has 0 saturated carbocycles. The number of benzene rings is 1. The van der Waals surface area contributed by atoms with E-state index < -0.39 is 11.9 Å². The molecule has 1 heterocycles. The fourth-order valence-corrected chi connectivity index (χ4v) is 1.87. The Kier molecular flexibility index (Phi) is 6.57. The third kappa shape index (κ3) is 4.53. The molecule has 1 aromatic rings. The van der Waals surface area contributed by atoms with Crippen molar-refractivity contribution in [2.24, 2.45) is 0 Å². The van der Waals surface area contributed by atoms with Gasteiger partial charge in [0.15, 0.2) is 0 Å². The number of hydrogen-bond donors (Lipinski definition) is 1. The van der Waals surface area contributed by atoms with Crippen LogP contribution in [-0.2, 0) is 20.7 Å². The number of rotatable bonds is 3. The van der Waals surface area contributed by atoms with Crippen LogP contribution in [0.1, 0.15) is 18.4 Å². The summed E-state index contributed by atoms with van der Waals surface area (Å²) in [4.78, 5) is 23.0. The molecule has 92 valence electrons. The average molecular weight is 257 g/mol. The molecule has 1 N–H and O–H groups in total. The van der Waals surface area contributed by atoms with Crippen molar-refractivity contribution in [3.05, 3.63) is 35.9 Å². The molecule has 0 spiro atoms. The number of ether oxygens (including phenoxy) is 1. The van der Waals surface area contributed by atoms with Gasteiger partial charge in [0, 0.05) is 0 Å². The van der Waals surface area contributed by atoms with Gasteiger partial charge < -0.3 is 10.1 Å². The molecule has 2 rings (SSSR count). The molecular weight excluding hydrogens is 241 g/mol. The van der Waals surface area contributed by atoms with Gasteiger partial charge in [0.05, 0.1) is 6.42 Å². The normalized spacial score (nSPS) is 17.9. The Morgan fingerprint density at radius 3 is 2.61 bits per heavy atom. The fourth-order valence-electron chi connectivity index (χ4n) is 1.87. The minimum absolute atomic E-state index is 0. The van der Waals surface area contributed by atoms with Crippen LogP contribution < -0.4 is 5.32 Å². The van der Waals surface area contributed by atoms with Gasteiger partial charge in [-0.3, -0.25) is 4.79 Å². The van der Waals surface area contributed by atoms with E-state index in [2.05, 4.69) is 5.32 Å². The fraction of sp³-hybridized carbons (Fsp3) is 0.385. The van der Waals surface area contributed by atoms with Gasteiger partial charge in [-0.2, -0.15) is 0 Å². The first-order valence-electron chi connectivity index (χ1n) is 5.77. The zero-order valence-electron chi connectivity index (χ0n) is 9.52. The number of hydrogen-bond acceptors (Lipinski definition) is 4. The van der Waals surface area contributed by atoms with Crippen molar-refractivity contribution in [2.75, 3.05) is 6.54 Å². The van der Waals surface area contributed by atoms with Crippen LogP contribution in [0.5, 0.6) is 0 Å². The van der Waals surface area contributed by atoms with Crippen LogP contribution in [0.2, 0.25) is 0 Å². The Morgan fingerprint density at radius 1 is 1.28 bits per heavy atom. The molecule has 0 radical (unpaired) electrons. The molecule has 1 saturated heterocycles. The van der Waals surface area contributed by atoms with Crippen LogP contribution in [0.25, 0.3) is 0 Å². The Balaban J connectivity index is 0.00000162. The zero-order valence-corrected chi connectivity index (χ0v) is 9.52. The molecule has 1 aliphatic heterocycles. The summed E-state index contributed by atoms with van der Waals surface area (Å²) in [5.41, 5.74) is 0.852. The van der Waals surface area contributed by atoms with E-state index in [4.69, 9.17) is 4.74 Å². The van der Waals surface area contributed by atoms with Crippen LogP contribution in [0.4, 0.5) is 0 Å². The van der Waals surface area contributed by atoms with E-state index in [-0.39, 0.29) is 42.0 Å². The van der Waals surface area contributed by atoms with Gasteiger partial charge >= 0.3 is 41.5 Å². The first-order chi connectivity index (χ1) is 8.25. The summed E-state index contributed by atoms with van der Waals surface area (Å²) in [5.74, 6) is -0.946. The van der Waals surface area contributed by atoms with Crippen molar-refractivity contribution in [1.82, 2.24) is 5.32 Å². The molecule has 0 amide bonds. The second-order valence-electron chi connectivity index (χ2n) is 4.10. The quantitative estimate of drug-likeness (QED) is 0.484. The van der Waals surface area contributed by atoms with Crippen molar-refractivity contribution >= 4 is 41.5 Å². The van der Waals surface area contributed by atoms with Gasteiger partial charge in [-0.15, -0.1) is 0 Å². The predicted octanol–water partition coefficient (Wildman–Crippen LogP) is 0.402. The van der Waals surface area contributed by atoms with E-state index >= 15 is 0 Å². The van der Waals surface area contributed by atoms with Crippen molar-refractivity contribution < 1.29 is 14.3 Å². The van der Waals surface area contributed by atoms with Crippen LogP contribution >= 0.6 is 0 Å². The average Bonchev–Trinajstić information content (AvgIpc) is 2.83. The summed E-state index contributed by atoms with van der Waals surface area (Å²) in [6.07, 6.45) is 1.84. The first kappa shape index (κ1) is 15.4. The zero-order chi connectivity index (χ0) is 12.1. The summed E-state index contributed by atoms with van der Waals surface area (Å²) in [5, 5.41) is 3.00. The maximum atomic E-state index is 11.5. The van der Waals surface area contributed by atoms with E-state index in [1.165, 1.54) is 0 Å². The summed E-state index contributed by atoms with van der Waals surface area (Å²) in [7, 11) is 0. The van der Waals surface area contributed by atoms with Gasteiger partial charge in [0.1, 0.15) is 6.04 Å². The second kappa shape index (κ2) is 7.69. The predicted molar refractivity (Wildman–Crippen MR) is 69.4 cm³/mol. The Morgan fingerprint density at radius 2 is 2.00 bits per heavy atom. The minimum atomic E-state index is -0.491. The third-order valence-electron chi connectivity index (χ3n) is 2.75. The Bertz CT molecular complexity index is 402. The molecule has 1 atom stereocenters. The SMILES string of the molecule is O=C(Cc1ccccc1)OC(=O)[C@@H]1CCCN1.[NaH]. The standard InChI is InChI=1S/C13H15NO3.Na.H/c15-12(9-10-5-2-1-3-6-10)17-13(16)11-7-4-8-14-11;;/h1-3,5-6,11,14H,4,7-9H2;;/t11-;;/m0../s1. The topological polar surface area (TPSA) is 55.4 Å². The summed E-state index contributed by atoms with van der Waals surface area (Å²) in [6.45, 7) is 0.812. The molecule has 18 heavy (non-hydrogen) atoms. The maximum absolute atomic E-state index is 11.5. The van der Waals surface area contributed by atoms with Gasteiger partial charge in [-0.1, -0.05) is 30.3 Å². The van der Waals surface area contributed by atoms with E-state index in [0.717, 1.165) is 24.9 Å². The Labute approximate surface area is 128 Å². The Hall–Kier alpha value is -0.680. The van der Waals surface area contributed by atoms with E-state index in [9.17, 15) is 9.59 Å². The molecule has 0 bridgehead atoms. The molecule has 1 fully saturated rings. The van der Waals surface area contributed by atoms with E-state index in [1.54, 1.807) is 0 Å². The molecular formula is C13H16NNaO3. The molecule has 4 nitrogen and oxygen atoms in total. The first-order valence-corrected chi connectivity index (χ1v) is 5.77. The van der Waals surface area contributed by atoms with Gasteiger partial charge in [0.2, 0.25) is 0 Å². The van der Waals surface area contributed by atoms with Gasteiger partial charge in [0.25, 0.3) is 0 Å². The van der Waals surface area contributed by atoms with Crippen LogP contribution in [0, 0.1) is 0 Å². The van der Waals surface area contributed by atoms with Crippen molar-refractivity contribution in [3.8, 4) is 0 Å². The molecule has 0 aliphatic carbocycles. The monoisotopic (exact) mass is 257 g/mol. The third-order valence-corrected chi connectivity index (χ3v) is 2.75. The molecule has 0 unspecified atom stereocenters. The molecule has 1 aliphatic rings.